The van der Waals surface area contributed by atoms with Gasteiger partial charge in [0.2, 0.25) is 0 Å². The monoisotopic (exact) mass is 746 g/mol. The Morgan fingerprint density at radius 1 is 0.769 bits per heavy atom. The summed E-state index contributed by atoms with van der Waals surface area (Å²) in [7, 11) is 0. The zero-order chi connectivity index (χ0) is 38.2. The van der Waals surface area contributed by atoms with Crippen LogP contribution in [-0.2, 0) is 71.5 Å². The SMILES string of the molecule is C=C(C(=O)OCCCC(=O)OC1C2CC3C1OC(=O)C3C2C(=O)O)C(F)(F)F.C=CC(=O)OCCCC(=O)OC1C2OC(=O)C3C2OC1C3C(=O)O. The van der Waals surface area contributed by atoms with Crippen molar-refractivity contribution in [1.29, 1.82) is 0 Å². The predicted octanol–water partition coefficient (Wildman–Crippen LogP) is 0.663. The van der Waals surface area contributed by atoms with E-state index in [9.17, 15) is 61.7 Å². The average molecular weight is 747 g/mol. The van der Waals surface area contributed by atoms with Gasteiger partial charge in [0, 0.05) is 30.8 Å². The number of hydrogen-bond donors (Lipinski definition) is 2. The summed E-state index contributed by atoms with van der Waals surface area (Å²) in [5.41, 5.74) is -1.64. The second-order valence-corrected chi connectivity index (χ2v) is 12.8. The van der Waals surface area contributed by atoms with Gasteiger partial charge in [0.1, 0.15) is 41.8 Å². The molecule has 17 nitrogen and oxygen atoms in total. The number of halogens is 3. The van der Waals surface area contributed by atoms with Crippen LogP contribution in [0.1, 0.15) is 32.1 Å². The highest BCUT2D eigenvalue weighted by Crippen LogP contribution is 2.58. The Kier molecular flexibility index (Phi) is 11.0. The minimum atomic E-state index is -4.89. The number of carboxylic acids is 2. The number of carbonyl (C=O) groups is 8. The normalized spacial score (nSPS) is 34.0. The molecule has 0 radical (unpaired) electrons. The fourth-order valence-corrected chi connectivity index (χ4v) is 7.69. The molecule has 284 valence electrons. The van der Waals surface area contributed by atoms with E-state index in [-0.39, 0.29) is 38.2 Å². The lowest BCUT2D eigenvalue weighted by Gasteiger charge is -2.29. The van der Waals surface area contributed by atoms with E-state index in [1.807, 2.05) is 0 Å². The van der Waals surface area contributed by atoms with E-state index in [2.05, 4.69) is 17.9 Å². The number of fused-ring (bicyclic) bond motifs is 2. The maximum atomic E-state index is 12.3. The third-order valence-electron chi connectivity index (χ3n) is 9.84. The number of ether oxygens (including phenoxy) is 7. The van der Waals surface area contributed by atoms with Gasteiger partial charge in [-0.2, -0.15) is 13.2 Å². The Balaban J connectivity index is 0.000000203. The van der Waals surface area contributed by atoms with Crippen LogP contribution in [0, 0.1) is 35.5 Å². The summed E-state index contributed by atoms with van der Waals surface area (Å²) >= 11 is 0. The second-order valence-electron chi connectivity index (χ2n) is 12.8. The zero-order valence-electron chi connectivity index (χ0n) is 27.0. The average Bonchev–Trinajstić information content (AvgIpc) is 3.89. The molecule has 0 aromatic rings. The van der Waals surface area contributed by atoms with Gasteiger partial charge in [0.15, 0.2) is 12.2 Å². The van der Waals surface area contributed by atoms with E-state index in [1.54, 1.807) is 0 Å². The molecule has 0 aromatic heterocycles. The zero-order valence-corrected chi connectivity index (χ0v) is 27.0. The summed E-state index contributed by atoms with van der Waals surface area (Å²) in [6.45, 7) is 5.43. The molecule has 52 heavy (non-hydrogen) atoms. The summed E-state index contributed by atoms with van der Waals surface area (Å²) < 4.78 is 72.3. The second kappa shape index (κ2) is 14.9. The Bertz CT molecular complexity index is 1560. The molecule has 4 bridgehead atoms. The van der Waals surface area contributed by atoms with Crippen molar-refractivity contribution in [2.75, 3.05) is 13.2 Å². The molecular weight excluding hydrogens is 713 g/mol. The number of rotatable bonds is 14. The van der Waals surface area contributed by atoms with E-state index in [0.29, 0.717) is 6.42 Å². The molecule has 4 saturated heterocycles. The summed E-state index contributed by atoms with van der Waals surface area (Å²) in [6, 6.07) is 0. The van der Waals surface area contributed by atoms with Crippen molar-refractivity contribution in [3.8, 4) is 0 Å². The standard InChI is InChI=1S/C17H17F3O8.C15H16O9/c1-6(17(18,19)20)15(24)26-4-2-3-9(21)27-12-7-5-8-11(10(7)14(22)23)16(25)28-13(8)12;1-2-6(16)21-5-3-4-7(17)22-12-10-8(14(18)19)9-11(23-10)13(12)24-15(9)20/h7-8,10-13H,1-5H2,(H,22,23);2,8-13H,1,3-5H2,(H,18,19). The van der Waals surface area contributed by atoms with Crippen molar-refractivity contribution in [1.82, 2.24) is 0 Å². The fraction of sp³-hybridized carbons (Fsp3) is 0.625. The molecule has 4 heterocycles. The van der Waals surface area contributed by atoms with Gasteiger partial charge in [-0.3, -0.25) is 28.8 Å². The Labute approximate surface area is 291 Å². The highest BCUT2D eigenvalue weighted by molar-refractivity contribution is 5.89. The lowest BCUT2D eigenvalue weighted by Crippen LogP contribution is -2.47. The molecule has 12 unspecified atom stereocenters. The van der Waals surface area contributed by atoms with E-state index in [1.165, 1.54) is 0 Å². The molecule has 12 atom stereocenters. The van der Waals surface area contributed by atoms with E-state index < -0.39 is 132 Å². The minimum Gasteiger partial charge on any atom is -0.481 e. The molecule has 6 fully saturated rings. The molecule has 2 aliphatic carbocycles. The van der Waals surface area contributed by atoms with Crippen LogP contribution >= 0.6 is 0 Å². The summed E-state index contributed by atoms with van der Waals surface area (Å²) in [5.74, 6) is -11.5. The first-order chi connectivity index (χ1) is 24.5. The van der Waals surface area contributed by atoms with Gasteiger partial charge in [0.25, 0.3) is 0 Å². The molecule has 0 spiro atoms. The fourth-order valence-electron chi connectivity index (χ4n) is 7.69. The third-order valence-corrected chi connectivity index (χ3v) is 9.84. The van der Waals surface area contributed by atoms with Gasteiger partial charge >= 0.3 is 53.9 Å². The molecule has 0 aromatic carbocycles. The largest absolute Gasteiger partial charge is 0.481 e. The first-order valence-electron chi connectivity index (χ1n) is 16.1. The van der Waals surface area contributed by atoms with Crippen LogP contribution in [0.3, 0.4) is 0 Å². The molecule has 2 N–H and O–H groups in total. The van der Waals surface area contributed by atoms with Crippen LogP contribution in [0.25, 0.3) is 0 Å². The minimum absolute atomic E-state index is 0.0276. The number of hydrogen-bond acceptors (Lipinski definition) is 15. The lowest BCUT2D eigenvalue weighted by atomic mass is 9.78. The number of alkyl halides is 3. The van der Waals surface area contributed by atoms with E-state index >= 15 is 0 Å². The third kappa shape index (κ3) is 7.33. The highest BCUT2D eigenvalue weighted by atomic mass is 19.4. The summed E-state index contributed by atoms with van der Waals surface area (Å²) in [6.07, 6.45) is -8.41. The smallest absolute Gasteiger partial charge is 0.422 e. The van der Waals surface area contributed by atoms with Gasteiger partial charge in [-0.15, -0.1) is 0 Å². The van der Waals surface area contributed by atoms with Gasteiger partial charge in [-0.1, -0.05) is 13.2 Å². The molecule has 2 saturated carbocycles. The molecule has 6 aliphatic rings. The van der Waals surface area contributed by atoms with Gasteiger partial charge < -0.3 is 43.4 Å². The molecule has 20 heteroatoms. The Morgan fingerprint density at radius 3 is 1.90 bits per heavy atom. The van der Waals surface area contributed by atoms with Crippen molar-refractivity contribution in [2.24, 2.45) is 35.5 Å². The van der Waals surface area contributed by atoms with Gasteiger partial charge in [-0.05, 0) is 19.3 Å². The van der Waals surface area contributed by atoms with Crippen molar-refractivity contribution in [3.05, 3.63) is 24.8 Å². The van der Waals surface area contributed by atoms with Crippen LogP contribution in [0.5, 0.6) is 0 Å². The number of aliphatic carboxylic acids is 2. The van der Waals surface area contributed by atoms with Crippen molar-refractivity contribution in [3.63, 3.8) is 0 Å². The predicted molar refractivity (Wildman–Crippen MR) is 155 cm³/mol. The molecular formula is C32H33F3O17. The maximum absolute atomic E-state index is 12.3. The van der Waals surface area contributed by atoms with Gasteiger partial charge in [0.05, 0.1) is 25.0 Å². The van der Waals surface area contributed by atoms with Crippen LogP contribution in [-0.4, -0.2) is 114 Å². The Hall–Kier alpha value is -5.01. The van der Waals surface area contributed by atoms with Crippen molar-refractivity contribution >= 4 is 47.8 Å². The van der Waals surface area contributed by atoms with E-state index in [4.69, 9.17) is 28.4 Å². The first kappa shape index (κ1) is 38.2. The number of esters is 6. The maximum Gasteiger partial charge on any atom is 0.422 e. The number of carboxylic acid groups (broad SMARTS) is 2. The topological polar surface area (TPSA) is 242 Å². The van der Waals surface area contributed by atoms with E-state index in [0.717, 1.165) is 6.08 Å². The van der Waals surface area contributed by atoms with Gasteiger partial charge in [-0.25, -0.2) is 9.59 Å². The molecule has 0 amide bonds. The quantitative estimate of drug-likeness (QED) is 0.107. The first-order valence-corrected chi connectivity index (χ1v) is 16.1. The number of carbonyl (C=O) groups excluding carboxylic acids is 6. The summed E-state index contributed by atoms with van der Waals surface area (Å²) in [4.78, 5) is 92.4. The summed E-state index contributed by atoms with van der Waals surface area (Å²) in [5, 5.41) is 18.7. The highest BCUT2D eigenvalue weighted by Gasteiger charge is 2.72. The Morgan fingerprint density at radius 2 is 1.33 bits per heavy atom. The van der Waals surface area contributed by atoms with Crippen LogP contribution in [0.15, 0.2) is 24.8 Å². The van der Waals surface area contributed by atoms with Crippen molar-refractivity contribution in [2.45, 2.75) is 74.9 Å². The van der Waals surface area contributed by atoms with Crippen molar-refractivity contribution < 1.29 is 94.9 Å². The molecule has 6 rings (SSSR count). The lowest BCUT2D eigenvalue weighted by molar-refractivity contribution is -0.165. The van der Waals surface area contributed by atoms with Crippen LogP contribution in [0.4, 0.5) is 13.2 Å². The van der Waals surface area contributed by atoms with Crippen LogP contribution < -0.4 is 0 Å². The molecule has 4 aliphatic heterocycles. The van der Waals surface area contributed by atoms with Crippen LogP contribution in [0.2, 0.25) is 0 Å².